The van der Waals surface area contributed by atoms with Gasteiger partial charge in [0.15, 0.2) is 9.84 Å². The average molecular weight is 384 g/mol. The Hall–Kier alpha value is -2.40. The lowest BCUT2D eigenvalue weighted by Crippen LogP contribution is -2.41. The van der Waals surface area contributed by atoms with Crippen molar-refractivity contribution in [3.8, 4) is 0 Å². The maximum atomic E-state index is 13.3. The molecule has 1 aliphatic rings. The lowest BCUT2D eigenvalue weighted by Gasteiger charge is -2.28. The minimum Gasteiger partial charge on any atom is -0.300 e. The fourth-order valence-electron chi connectivity index (χ4n) is 3.21. The summed E-state index contributed by atoms with van der Waals surface area (Å²) >= 11 is 0. The van der Waals surface area contributed by atoms with Crippen LogP contribution >= 0.6 is 0 Å². The van der Waals surface area contributed by atoms with Crippen LogP contribution in [0, 0.1) is 13.8 Å². The number of sulfone groups is 1. The molecular weight excluding hydrogens is 358 g/mol. The second kappa shape index (κ2) is 7.31. The number of hydrogen-bond donors (Lipinski definition) is 0. The number of carbonyl (C=O) groups is 1. The second-order valence-corrected chi connectivity index (χ2v) is 9.38. The monoisotopic (exact) mass is 383 g/mol. The highest BCUT2D eigenvalue weighted by atomic mass is 32.2. The van der Waals surface area contributed by atoms with Crippen LogP contribution in [0.3, 0.4) is 0 Å². The van der Waals surface area contributed by atoms with Gasteiger partial charge in [-0.15, -0.1) is 0 Å². The van der Waals surface area contributed by atoms with Crippen molar-refractivity contribution in [3.63, 3.8) is 0 Å². The van der Waals surface area contributed by atoms with Crippen molar-refractivity contribution < 1.29 is 13.2 Å². The number of hydrogen-bond acceptors (Lipinski definition) is 3. The summed E-state index contributed by atoms with van der Waals surface area (Å²) in [6.07, 6.45) is 1.60. The summed E-state index contributed by atoms with van der Waals surface area (Å²) in [6.45, 7) is 8.19. The molecule has 2 aromatic carbocycles. The molecular formula is C22H25NO3S. The first kappa shape index (κ1) is 19.4. The molecule has 0 radical (unpaired) electrons. The number of nitrogens with zero attached hydrogens (tertiary/aromatic N) is 1. The van der Waals surface area contributed by atoms with Gasteiger partial charge in [-0.05, 0) is 66.8 Å². The molecule has 0 aromatic heterocycles. The van der Waals surface area contributed by atoms with Crippen LogP contribution in [-0.4, -0.2) is 26.1 Å². The minimum atomic E-state index is -3.28. The molecule has 0 unspecified atom stereocenters. The first-order chi connectivity index (χ1) is 12.7. The van der Waals surface area contributed by atoms with Gasteiger partial charge < -0.3 is 4.90 Å². The Morgan fingerprint density at radius 2 is 1.70 bits per heavy atom. The molecule has 1 heterocycles. The van der Waals surface area contributed by atoms with Crippen LogP contribution in [0.15, 0.2) is 53.9 Å². The largest absolute Gasteiger partial charge is 0.300 e. The summed E-state index contributed by atoms with van der Waals surface area (Å²) < 4.78 is 23.9. The SMILES string of the molecule is Cc1ccc(C(=O)N(c2ccc(C(C)C)cc2)[C@H]2C=CS(=O)(=O)C2)cc1C. The lowest BCUT2D eigenvalue weighted by molar-refractivity contribution is 0.0983. The molecule has 0 saturated carbocycles. The molecule has 2 aromatic rings. The Bertz CT molecular complexity index is 989. The second-order valence-electron chi connectivity index (χ2n) is 7.45. The van der Waals surface area contributed by atoms with Gasteiger partial charge in [0.05, 0.1) is 11.8 Å². The van der Waals surface area contributed by atoms with Gasteiger partial charge in [0.2, 0.25) is 0 Å². The molecule has 0 bridgehead atoms. The third kappa shape index (κ3) is 4.14. The topological polar surface area (TPSA) is 54.5 Å². The Morgan fingerprint density at radius 1 is 1.04 bits per heavy atom. The van der Waals surface area contributed by atoms with Gasteiger partial charge in [0.25, 0.3) is 5.91 Å². The number of amides is 1. The maximum Gasteiger partial charge on any atom is 0.258 e. The van der Waals surface area contributed by atoms with Crippen LogP contribution < -0.4 is 4.90 Å². The van der Waals surface area contributed by atoms with Gasteiger partial charge in [-0.2, -0.15) is 0 Å². The Morgan fingerprint density at radius 3 is 2.22 bits per heavy atom. The van der Waals surface area contributed by atoms with Gasteiger partial charge in [-0.3, -0.25) is 4.79 Å². The van der Waals surface area contributed by atoms with E-state index in [1.54, 1.807) is 17.0 Å². The highest BCUT2D eigenvalue weighted by molar-refractivity contribution is 7.94. The number of anilines is 1. The fraction of sp³-hybridized carbons (Fsp3) is 0.318. The number of carbonyl (C=O) groups excluding carboxylic acids is 1. The lowest BCUT2D eigenvalue weighted by atomic mass is 10.0. The van der Waals surface area contributed by atoms with Crippen molar-refractivity contribution in [3.05, 3.63) is 76.2 Å². The predicted octanol–water partition coefficient (Wildman–Crippen LogP) is 4.38. The van der Waals surface area contributed by atoms with Crippen molar-refractivity contribution in [2.24, 2.45) is 0 Å². The minimum absolute atomic E-state index is 0.0878. The van der Waals surface area contributed by atoms with E-state index in [4.69, 9.17) is 0 Å². The molecule has 0 spiro atoms. The van der Waals surface area contributed by atoms with Crippen molar-refractivity contribution in [2.75, 3.05) is 10.7 Å². The molecule has 4 nitrogen and oxygen atoms in total. The number of aryl methyl sites for hydroxylation is 2. The molecule has 0 aliphatic carbocycles. The molecule has 3 rings (SSSR count). The molecule has 27 heavy (non-hydrogen) atoms. The maximum absolute atomic E-state index is 13.3. The van der Waals surface area contributed by atoms with Crippen molar-refractivity contribution in [1.29, 1.82) is 0 Å². The van der Waals surface area contributed by atoms with E-state index in [9.17, 15) is 13.2 Å². The zero-order valence-electron chi connectivity index (χ0n) is 16.1. The Labute approximate surface area is 161 Å². The van der Waals surface area contributed by atoms with Crippen molar-refractivity contribution in [2.45, 2.75) is 39.7 Å². The Kier molecular flexibility index (Phi) is 5.24. The van der Waals surface area contributed by atoms with Crippen molar-refractivity contribution in [1.82, 2.24) is 0 Å². The number of rotatable bonds is 4. The van der Waals surface area contributed by atoms with Gasteiger partial charge in [-0.1, -0.05) is 32.0 Å². The van der Waals surface area contributed by atoms with E-state index in [-0.39, 0.29) is 11.7 Å². The van der Waals surface area contributed by atoms with E-state index in [2.05, 4.69) is 13.8 Å². The highest BCUT2D eigenvalue weighted by Gasteiger charge is 2.32. The van der Waals surface area contributed by atoms with Crippen LogP contribution in [0.4, 0.5) is 5.69 Å². The van der Waals surface area contributed by atoms with Gasteiger partial charge in [0.1, 0.15) is 0 Å². The standard InChI is InChI=1S/C22H25NO3S/c1-15(2)18-7-9-20(10-8-18)23(21-11-12-27(25,26)14-21)22(24)19-6-5-16(3)17(4)13-19/h5-13,15,21H,14H2,1-4H3/t21-/m0/s1. The van der Waals surface area contributed by atoms with Gasteiger partial charge in [-0.25, -0.2) is 8.42 Å². The van der Waals surface area contributed by atoms with Crippen LogP contribution in [0.5, 0.6) is 0 Å². The number of benzene rings is 2. The molecule has 142 valence electrons. The quantitative estimate of drug-likeness (QED) is 0.787. The summed E-state index contributed by atoms with van der Waals surface area (Å²) in [5.41, 5.74) is 4.58. The molecule has 5 heteroatoms. The molecule has 0 fully saturated rings. The third-order valence-electron chi connectivity index (χ3n) is 5.05. The normalized spacial score (nSPS) is 18.0. The Balaban J connectivity index is 2.03. The first-order valence-electron chi connectivity index (χ1n) is 9.09. The van der Waals surface area contributed by atoms with Crippen LogP contribution in [-0.2, 0) is 9.84 Å². The van der Waals surface area contributed by atoms with Gasteiger partial charge >= 0.3 is 0 Å². The molecule has 1 aliphatic heterocycles. The van der Waals surface area contributed by atoms with Gasteiger partial charge in [0, 0.05) is 16.7 Å². The molecule has 1 atom stereocenters. The summed E-state index contributed by atoms with van der Waals surface area (Å²) in [4.78, 5) is 14.9. The van der Waals surface area contributed by atoms with E-state index in [0.717, 1.165) is 11.1 Å². The summed E-state index contributed by atoms with van der Waals surface area (Å²) in [7, 11) is -3.28. The highest BCUT2D eigenvalue weighted by Crippen LogP contribution is 2.27. The van der Waals surface area contributed by atoms with E-state index >= 15 is 0 Å². The first-order valence-corrected chi connectivity index (χ1v) is 10.8. The summed E-state index contributed by atoms with van der Waals surface area (Å²) in [5.74, 6) is 0.104. The van der Waals surface area contributed by atoms with E-state index in [1.807, 2.05) is 50.2 Å². The van der Waals surface area contributed by atoms with E-state index in [0.29, 0.717) is 17.2 Å². The summed E-state index contributed by atoms with van der Waals surface area (Å²) in [6, 6.07) is 12.9. The van der Waals surface area contributed by atoms with Crippen molar-refractivity contribution >= 4 is 21.4 Å². The van der Waals surface area contributed by atoms with Crippen LogP contribution in [0.2, 0.25) is 0 Å². The molecule has 1 amide bonds. The molecule has 0 N–H and O–H groups in total. The average Bonchev–Trinajstić information content (AvgIpc) is 2.97. The molecule has 0 saturated heterocycles. The van der Waals surface area contributed by atoms with E-state index in [1.165, 1.54) is 11.0 Å². The zero-order valence-corrected chi connectivity index (χ0v) is 17.0. The fourth-order valence-corrected chi connectivity index (χ4v) is 4.48. The predicted molar refractivity (Wildman–Crippen MR) is 110 cm³/mol. The smallest absolute Gasteiger partial charge is 0.258 e. The van der Waals surface area contributed by atoms with Crippen LogP contribution in [0.25, 0.3) is 0 Å². The van der Waals surface area contributed by atoms with E-state index < -0.39 is 15.9 Å². The zero-order chi connectivity index (χ0) is 19.8. The van der Waals surface area contributed by atoms with Crippen LogP contribution in [0.1, 0.15) is 46.8 Å². The summed E-state index contributed by atoms with van der Waals surface area (Å²) in [5, 5.41) is 1.21. The third-order valence-corrected chi connectivity index (χ3v) is 6.43.